The molecule has 0 aliphatic rings. The topological polar surface area (TPSA) is 64.0 Å². The molecule has 0 aliphatic heterocycles. The molecule has 0 spiro atoms. The highest BCUT2D eigenvalue weighted by molar-refractivity contribution is 14.1. The van der Waals surface area contributed by atoms with Crippen LogP contribution in [-0.2, 0) is 11.3 Å². The zero-order chi connectivity index (χ0) is 17.3. The third kappa shape index (κ3) is 3.59. The molecule has 7 heteroatoms. The van der Waals surface area contributed by atoms with Gasteiger partial charge in [-0.25, -0.2) is 4.98 Å². The van der Waals surface area contributed by atoms with Crippen LogP contribution in [0.1, 0.15) is 5.56 Å². The van der Waals surface area contributed by atoms with E-state index < -0.39 is 0 Å². The number of aryl methyl sites for hydroxylation is 1. The average Bonchev–Trinajstić information content (AvgIpc) is 2.53. The van der Waals surface area contributed by atoms with Crippen molar-refractivity contribution in [3.8, 4) is 0 Å². The van der Waals surface area contributed by atoms with Crippen LogP contribution in [0.5, 0.6) is 0 Å². The van der Waals surface area contributed by atoms with Gasteiger partial charge in [-0.1, -0.05) is 11.6 Å². The van der Waals surface area contributed by atoms with Gasteiger partial charge < -0.3 is 5.32 Å². The first kappa shape index (κ1) is 16.9. The van der Waals surface area contributed by atoms with Crippen molar-refractivity contribution in [2.45, 2.75) is 13.5 Å². The highest BCUT2D eigenvalue weighted by atomic mass is 127. The normalized spacial score (nSPS) is 10.8. The van der Waals surface area contributed by atoms with E-state index in [0.717, 1.165) is 9.13 Å². The number of anilines is 1. The molecule has 0 unspecified atom stereocenters. The van der Waals surface area contributed by atoms with Crippen LogP contribution in [0.3, 0.4) is 0 Å². The maximum atomic E-state index is 12.5. The molecule has 3 rings (SSSR count). The summed E-state index contributed by atoms with van der Waals surface area (Å²) in [5, 5.41) is 3.89. The van der Waals surface area contributed by atoms with E-state index in [1.54, 1.807) is 30.3 Å². The molecule has 0 saturated carbocycles. The van der Waals surface area contributed by atoms with Gasteiger partial charge in [0.2, 0.25) is 5.91 Å². The Kier molecular flexibility index (Phi) is 4.86. The number of carbonyl (C=O) groups is 1. The Labute approximate surface area is 156 Å². The van der Waals surface area contributed by atoms with Gasteiger partial charge in [-0.3, -0.25) is 14.2 Å². The largest absolute Gasteiger partial charge is 0.324 e. The number of nitrogens with zero attached hydrogens (tertiary/aromatic N) is 2. The minimum atomic E-state index is -0.297. The van der Waals surface area contributed by atoms with Crippen molar-refractivity contribution >= 4 is 56.7 Å². The van der Waals surface area contributed by atoms with Crippen molar-refractivity contribution in [3.63, 3.8) is 0 Å². The van der Waals surface area contributed by atoms with Crippen molar-refractivity contribution in [1.82, 2.24) is 9.55 Å². The molecule has 0 aliphatic carbocycles. The summed E-state index contributed by atoms with van der Waals surface area (Å²) in [4.78, 5) is 29.0. The molecule has 0 bridgehead atoms. The van der Waals surface area contributed by atoms with Crippen LogP contribution >= 0.6 is 34.2 Å². The number of fused-ring (bicyclic) bond motifs is 1. The predicted molar refractivity (Wildman–Crippen MR) is 104 cm³/mol. The second-order valence-corrected chi connectivity index (χ2v) is 7.03. The first-order chi connectivity index (χ1) is 11.4. The highest BCUT2D eigenvalue weighted by Gasteiger charge is 2.10. The van der Waals surface area contributed by atoms with Crippen LogP contribution in [-0.4, -0.2) is 15.5 Å². The number of rotatable bonds is 3. The van der Waals surface area contributed by atoms with Crippen molar-refractivity contribution in [2.75, 3.05) is 5.32 Å². The fourth-order valence-electron chi connectivity index (χ4n) is 2.36. The van der Waals surface area contributed by atoms with Gasteiger partial charge in [-0.2, -0.15) is 0 Å². The molecule has 0 radical (unpaired) electrons. The average molecular weight is 454 g/mol. The third-order valence-corrected chi connectivity index (χ3v) is 4.47. The summed E-state index contributed by atoms with van der Waals surface area (Å²) in [6.45, 7) is 1.75. The number of halogens is 2. The number of hydrogen-bond donors (Lipinski definition) is 1. The zero-order valence-corrected chi connectivity index (χ0v) is 15.6. The van der Waals surface area contributed by atoms with E-state index in [1.165, 1.54) is 10.9 Å². The molecular formula is C17H13ClIN3O2. The minimum Gasteiger partial charge on any atom is -0.324 e. The Bertz CT molecular complexity index is 1000. The summed E-state index contributed by atoms with van der Waals surface area (Å²) in [7, 11) is 0. The molecule has 24 heavy (non-hydrogen) atoms. The molecular weight excluding hydrogens is 441 g/mol. The Balaban J connectivity index is 1.85. The van der Waals surface area contributed by atoms with Crippen molar-refractivity contribution < 1.29 is 4.79 Å². The van der Waals surface area contributed by atoms with Crippen LogP contribution < -0.4 is 10.9 Å². The zero-order valence-electron chi connectivity index (χ0n) is 12.7. The lowest BCUT2D eigenvalue weighted by Crippen LogP contribution is -2.28. The van der Waals surface area contributed by atoms with Gasteiger partial charge in [0.05, 0.1) is 17.2 Å². The first-order valence-electron chi connectivity index (χ1n) is 7.15. The van der Waals surface area contributed by atoms with Crippen LogP contribution in [0, 0.1) is 10.5 Å². The van der Waals surface area contributed by atoms with E-state index in [-0.39, 0.29) is 18.0 Å². The third-order valence-electron chi connectivity index (χ3n) is 3.56. The molecule has 2 aromatic carbocycles. The predicted octanol–water partition coefficient (Wildman–Crippen LogP) is 3.60. The lowest BCUT2D eigenvalue weighted by atomic mass is 10.2. The summed E-state index contributed by atoms with van der Waals surface area (Å²) < 4.78 is 2.25. The van der Waals surface area contributed by atoms with E-state index >= 15 is 0 Å². The van der Waals surface area contributed by atoms with Crippen LogP contribution in [0.4, 0.5) is 5.69 Å². The summed E-state index contributed by atoms with van der Waals surface area (Å²) in [5.74, 6) is -0.297. The van der Waals surface area contributed by atoms with E-state index in [9.17, 15) is 9.59 Å². The SMILES string of the molecule is Cc1cc(Cl)ccc1NC(=O)Cn1cnc2ccc(I)cc2c1=O. The van der Waals surface area contributed by atoms with Gasteiger partial charge >= 0.3 is 0 Å². The quantitative estimate of drug-likeness (QED) is 0.616. The van der Waals surface area contributed by atoms with Gasteiger partial charge in [0.25, 0.3) is 5.56 Å². The maximum absolute atomic E-state index is 12.5. The van der Waals surface area contributed by atoms with Gasteiger partial charge in [0.15, 0.2) is 0 Å². The van der Waals surface area contributed by atoms with Crippen LogP contribution in [0.25, 0.3) is 10.9 Å². The van der Waals surface area contributed by atoms with Gasteiger partial charge in [0, 0.05) is 14.3 Å². The number of nitrogens with one attached hydrogen (secondary N) is 1. The number of carbonyl (C=O) groups excluding carboxylic acids is 1. The molecule has 1 heterocycles. The second kappa shape index (κ2) is 6.90. The lowest BCUT2D eigenvalue weighted by Gasteiger charge is -2.10. The fraction of sp³-hybridized carbons (Fsp3) is 0.118. The monoisotopic (exact) mass is 453 g/mol. The van der Waals surface area contributed by atoms with E-state index in [0.29, 0.717) is 21.6 Å². The molecule has 1 aromatic heterocycles. The second-order valence-electron chi connectivity index (χ2n) is 5.35. The van der Waals surface area contributed by atoms with Crippen molar-refractivity contribution in [1.29, 1.82) is 0 Å². The fourth-order valence-corrected chi connectivity index (χ4v) is 3.07. The Hall–Kier alpha value is -1.93. The van der Waals surface area contributed by atoms with Gasteiger partial charge in [-0.05, 0) is 71.5 Å². The van der Waals surface area contributed by atoms with E-state index in [4.69, 9.17) is 11.6 Å². The lowest BCUT2D eigenvalue weighted by molar-refractivity contribution is -0.116. The summed E-state index contributed by atoms with van der Waals surface area (Å²) in [6, 6.07) is 10.6. The number of benzene rings is 2. The van der Waals surface area contributed by atoms with E-state index in [1.807, 2.05) is 13.0 Å². The molecule has 0 saturated heterocycles. The smallest absolute Gasteiger partial charge is 0.261 e. The molecule has 3 aromatic rings. The minimum absolute atomic E-state index is 0.102. The molecule has 122 valence electrons. The Morgan fingerprint density at radius 1 is 1.29 bits per heavy atom. The molecule has 1 amide bonds. The number of hydrogen-bond acceptors (Lipinski definition) is 3. The summed E-state index contributed by atoms with van der Waals surface area (Å²) >= 11 is 8.04. The number of aromatic nitrogens is 2. The molecule has 0 fully saturated rings. The first-order valence-corrected chi connectivity index (χ1v) is 8.60. The number of amides is 1. The Morgan fingerprint density at radius 3 is 2.83 bits per heavy atom. The van der Waals surface area contributed by atoms with Crippen molar-refractivity contribution in [3.05, 3.63) is 67.2 Å². The maximum Gasteiger partial charge on any atom is 0.261 e. The molecule has 1 N–H and O–H groups in total. The standard InChI is InChI=1S/C17H13ClIN3O2/c1-10-6-11(18)2-4-14(10)21-16(23)8-22-9-20-15-5-3-12(19)7-13(15)17(22)24/h2-7,9H,8H2,1H3,(H,21,23). The Morgan fingerprint density at radius 2 is 2.08 bits per heavy atom. The summed E-state index contributed by atoms with van der Waals surface area (Å²) in [5.41, 5.74) is 1.90. The van der Waals surface area contributed by atoms with Crippen LogP contribution in [0.2, 0.25) is 5.02 Å². The molecule has 5 nitrogen and oxygen atoms in total. The van der Waals surface area contributed by atoms with Gasteiger partial charge in [-0.15, -0.1) is 0 Å². The molecule has 0 atom stereocenters. The van der Waals surface area contributed by atoms with E-state index in [2.05, 4.69) is 32.9 Å². The van der Waals surface area contributed by atoms with Gasteiger partial charge in [0.1, 0.15) is 6.54 Å². The van der Waals surface area contributed by atoms with Crippen LogP contribution in [0.15, 0.2) is 47.5 Å². The van der Waals surface area contributed by atoms with Crippen molar-refractivity contribution in [2.24, 2.45) is 0 Å². The highest BCUT2D eigenvalue weighted by Crippen LogP contribution is 2.19. The summed E-state index contributed by atoms with van der Waals surface area (Å²) in [6.07, 6.45) is 1.39.